The molecular formula is C11H18O5. The Morgan fingerprint density at radius 2 is 2.00 bits per heavy atom. The Morgan fingerprint density at radius 3 is 2.50 bits per heavy atom. The van der Waals surface area contributed by atoms with E-state index in [-0.39, 0.29) is 18.6 Å². The highest BCUT2D eigenvalue weighted by atomic mass is 16.5. The summed E-state index contributed by atoms with van der Waals surface area (Å²) >= 11 is 0. The van der Waals surface area contributed by atoms with Crippen molar-refractivity contribution in [3.8, 4) is 0 Å². The maximum absolute atomic E-state index is 11.2. The number of carbonyl (C=O) groups excluding carboxylic acids is 2. The number of hydrogen-bond donors (Lipinski definition) is 1. The van der Waals surface area contributed by atoms with Crippen molar-refractivity contribution in [2.75, 3.05) is 13.2 Å². The smallest absolute Gasteiger partial charge is 0.334 e. The van der Waals surface area contributed by atoms with Gasteiger partial charge in [-0.15, -0.1) is 0 Å². The van der Waals surface area contributed by atoms with Gasteiger partial charge in [-0.05, 0) is 13.3 Å². The lowest BCUT2D eigenvalue weighted by Crippen LogP contribution is -2.18. The van der Waals surface area contributed by atoms with Crippen LogP contribution in [0.15, 0.2) is 12.2 Å². The molecule has 0 rings (SSSR count). The van der Waals surface area contributed by atoms with Gasteiger partial charge in [-0.1, -0.05) is 13.5 Å². The molecule has 0 amide bonds. The maximum atomic E-state index is 11.2. The third kappa shape index (κ3) is 7.00. The minimum Gasteiger partial charge on any atom is -0.465 e. The van der Waals surface area contributed by atoms with Crippen LogP contribution in [0.1, 0.15) is 26.7 Å². The van der Waals surface area contributed by atoms with Crippen molar-refractivity contribution in [3.63, 3.8) is 0 Å². The largest absolute Gasteiger partial charge is 0.465 e. The van der Waals surface area contributed by atoms with E-state index in [0.717, 1.165) is 6.42 Å². The lowest BCUT2D eigenvalue weighted by molar-refractivity contribution is -0.147. The van der Waals surface area contributed by atoms with Gasteiger partial charge in [0.15, 0.2) is 0 Å². The van der Waals surface area contributed by atoms with Gasteiger partial charge in [0.2, 0.25) is 0 Å². The van der Waals surface area contributed by atoms with Crippen LogP contribution in [-0.4, -0.2) is 36.4 Å². The van der Waals surface area contributed by atoms with Gasteiger partial charge in [0.1, 0.15) is 6.61 Å². The summed E-state index contributed by atoms with van der Waals surface area (Å²) in [5, 5.41) is 8.88. The molecule has 0 heterocycles. The van der Waals surface area contributed by atoms with Crippen molar-refractivity contribution < 1.29 is 24.2 Å². The van der Waals surface area contributed by atoms with E-state index < -0.39 is 18.0 Å². The fraction of sp³-hybridized carbons (Fsp3) is 0.636. The predicted molar refractivity (Wildman–Crippen MR) is 57.6 cm³/mol. The van der Waals surface area contributed by atoms with Crippen molar-refractivity contribution in [3.05, 3.63) is 12.2 Å². The Hall–Kier alpha value is -1.36. The lowest BCUT2D eigenvalue weighted by Gasteiger charge is -2.08. The first kappa shape index (κ1) is 14.6. The van der Waals surface area contributed by atoms with Crippen LogP contribution in [0.25, 0.3) is 0 Å². The first-order valence-electron chi connectivity index (χ1n) is 5.16. The summed E-state index contributed by atoms with van der Waals surface area (Å²) in [6.07, 6.45) is -0.188. The molecule has 0 aromatic rings. The van der Waals surface area contributed by atoms with Crippen LogP contribution in [0.3, 0.4) is 0 Å². The van der Waals surface area contributed by atoms with Gasteiger partial charge >= 0.3 is 11.9 Å². The number of carbonyl (C=O) groups is 2. The van der Waals surface area contributed by atoms with Crippen LogP contribution < -0.4 is 0 Å². The fourth-order valence-electron chi connectivity index (χ4n) is 0.812. The van der Waals surface area contributed by atoms with E-state index >= 15 is 0 Å². The minimum atomic E-state index is -0.733. The van der Waals surface area contributed by atoms with Gasteiger partial charge in [0, 0.05) is 5.57 Å². The summed E-state index contributed by atoms with van der Waals surface area (Å²) in [5.74, 6) is -1.19. The van der Waals surface area contributed by atoms with Gasteiger partial charge in [-0.2, -0.15) is 0 Å². The van der Waals surface area contributed by atoms with Gasteiger partial charge in [0.05, 0.1) is 19.1 Å². The molecule has 0 spiro atoms. The molecule has 0 radical (unpaired) electrons. The number of esters is 2. The van der Waals surface area contributed by atoms with Crippen molar-refractivity contribution in [1.29, 1.82) is 0 Å². The Morgan fingerprint density at radius 1 is 1.38 bits per heavy atom. The van der Waals surface area contributed by atoms with Crippen LogP contribution in [0.5, 0.6) is 0 Å². The normalized spacial score (nSPS) is 11.7. The monoisotopic (exact) mass is 230 g/mol. The molecule has 1 unspecified atom stereocenters. The third-order valence-corrected chi connectivity index (χ3v) is 1.57. The van der Waals surface area contributed by atoms with E-state index in [0.29, 0.717) is 6.61 Å². The molecule has 5 heteroatoms. The second kappa shape index (κ2) is 7.87. The van der Waals surface area contributed by atoms with Gasteiger partial charge < -0.3 is 14.6 Å². The van der Waals surface area contributed by atoms with Crippen molar-refractivity contribution in [2.45, 2.75) is 32.8 Å². The Labute approximate surface area is 95.0 Å². The van der Waals surface area contributed by atoms with E-state index in [4.69, 9.17) is 9.84 Å². The summed E-state index contributed by atoms with van der Waals surface area (Å²) in [6.45, 7) is 7.01. The molecule has 0 aliphatic rings. The highest BCUT2D eigenvalue weighted by Crippen LogP contribution is 2.03. The van der Waals surface area contributed by atoms with E-state index in [1.807, 2.05) is 6.92 Å². The predicted octanol–water partition coefficient (Wildman–Crippen LogP) is 0.810. The number of hydrogen-bond acceptors (Lipinski definition) is 5. The fourth-order valence-corrected chi connectivity index (χ4v) is 0.812. The second-order valence-electron chi connectivity index (χ2n) is 3.45. The van der Waals surface area contributed by atoms with Crippen molar-refractivity contribution in [1.82, 2.24) is 0 Å². The molecule has 16 heavy (non-hydrogen) atoms. The lowest BCUT2D eigenvalue weighted by atomic mass is 10.2. The summed E-state index contributed by atoms with van der Waals surface area (Å²) in [5.41, 5.74) is 0.0294. The summed E-state index contributed by atoms with van der Waals surface area (Å²) in [7, 11) is 0. The maximum Gasteiger partial charge on any atom is 0.334 e. The highest BCUT2D eigenvalue weighted by molar-refractivity contribution is 5.93. The second-order valence-corrected chi connectivity index (χ2v) is 3.45. The molecule has 1 N–H and O–H groups in total. The molecule has 0 aliphatic heterocycles. The first-order chi connectivity index (χ1) is 7.47. The minimum absolute atomic E-state index is 0.0294. The van der Waals surface area contributed by atoms with Gasteiger partial charge in [-0.3, -0.25) is 4.79 Å². The topological polar surface area (TPSA) is 72.8 Å². The van der Waals surface area contributed by atoms with E-state index in [2.05, 4.69) is 11.3 Å². The SMILES string of the molecule is C=C(CC(=O)OCCC)C(=O)OCC(C)O. The average Bonchev–Trinajstić information content (AvgIpc) is 2.22. The van der Waals surface area contributed by atoms with E-state index in [1.165, 1.54) is 6.92 Å². The highest BCUT2D eigenvalue weighted by Gasteiger charge is 2.14. The molecule has 0 aromatic heterocycles. The molecule has 92 valence electrons. The zero-order valence-electron chi connectivity index (χ0n) is 9.69. The van der Waals surface area contributed by atoms with Crippen LogP contribution >= 0.6 is 0 Å². The van der Waals surface area contributed by atoms with E-state index in [9.17, 15) is 9.59 Å². The zero-order chi connectivity index (χ0) is 12.6. The van der Waals surface area contributed by atoms with Crippen molar-refractivity contribution >= 4 is 11.9 Å². The standard InChI is InChI=1S/C11H18O5/c1-4-5-15-10(13)6-8(2)11(14)16-7-9(3)12/h9,12H,2,4-7H2,1,3H3. The summed E-state index contributed by atoms with van der Waals surface area (Å²) in [4.78, 5) is 22.3. The van der Waals surface area contributed by atoms with Crippen molar-refractivity contribution in [2.24, 2.45) is 0 Å². The molecule has 0 aromatic carbocycles. The molecule has 0 saturated carbocycles. The molecule has 5 nitrogen and oxygen atoms in total. The third-order valence-electron chi connectivity index (χ3n) is 1.57. The van der Waals surface area contributed by atoms with Crippen LogP contribution in [0.4, 0.5) is 0 Å². The summed E-state index contributed by atoms with van der Waals surface area (Å²) < 4.78 is 9.45. The summed E-state index contributed by atoms with van der Waals surface area (Å²) in [6, 6.07) is 0. The Balaban J connectivity index is 3.87. The molecule has 0 fully saturated rings. The van der Waals surface area contributed by atoms with E-state index in [1.54, 1.807) is 0 Å². The number of ether oxygens (including phenoxy) is 2. The molecular weight excluding hydrogens is 212 g/mol. The Kier molecular flexibility index (Phi) is 7.20. The number of rotatable bonds is 7. The molecule has 1 atom stereocenters. The number of aliphatic hydroxyl groups excluding tert-OH is 1. The molecule has 0 aliphatic carbocycles. The first-order valence-corrected chi connectivity index (χ1v) is 5.16. The quantitative estimate of drug-likeness (QED) is 0.517. The van der Waals surface area contributed by atoms with Gasteiger partial charge in [0.25, 0.3) is 0 Å². The van der Waals surface area contributed by atoms with Crippen LogP contribution in [-0.2, 0) is 19.1 Å². The number of aliphatic hydroxyl groups is 1. The zero-order valence-corrected chi connectivity index (χ0v) is 9.69. The molecule has 0 bridgehead atoms. The van der Waals surface area contributed by atoms with Crippen LogP contribution in [0.2, 0.25) is 0 Å². The van der Waals surface area contributed by atoms with Crippen LogP contribution in [0, 0.1) is 0 Å². The van der Waals surface area contributed by atoms with Gasteiger partial charge in [-0.25, -0.2) is 4.79 Å². The average molecular weight is 230 g/mol. The molecule has 0 saturated heterocycles. The Bertz CT molecular complexity index is 257.